The first-order valence-electron chi connectivity index (χ1n) is 6.62. The lowest BCUT2D eigenvalue weighted by atomic mass is 10.2. The number of hydrogen-bond acceptors (Lipinski definition) is 5. The minimum Gasteiger partial charge on any atom is -0.276 e. The highest BCUT2D eigenvalue weighted by Gasteiger charge is 2.10. The first-order chi connectivity index (χ1) is 11.1. The Labute approximate surface area is 137 Å². The van der Waals surface area contributed by atoms with Gasteiger partial charge in [-0.25, -0.2) is 10.2 Å². The molecule has 0 unspecified atom stereocenters. The number of nitro groups is 1. The molecule has 2 aromatic carbocycles. The third-order valence-corrected chi connectivity index (χ3v) is 3.53. The van der Waals surface area contributed by atoms with Crippen LogP contribution in [0.15, 0.2) is 58.5 Å². The normalized spacial score (nSPS) is 10.5. The van der Waals surface area contributed by atoms with Crippen molar-refractivity contribution in [1.29, 1.82) is 0 Å². The first-order valence-corrected chi connectivity index (χ1v) is 7.44. The molecule has 2 N–H and O–H groups in total. The molecular formula is C15H14N4O3S. The van der Waals surface area contributed by atoms with Crippen molar-refractivity contribution >= 4 is 29.9 Å². The summed E-state index contributed by atoms with van der Waals surface area (Å²) in [5, 5.41) is 14.6. The van der Waals surface area contributed by atoms with Crippen LogP contribution in [0, 0.1) is 17.0 Å². The van der Waals surface area contributed by atoms with Gasteiger partial charge in [0.25, 0.3) is 5.69 Å². The van der Waals surface area contributed by atoms with E-state index in [1.807, 2.05) is 31.2 Å². The Morgan fingerprint density at radius 3 is 2.78 bits per heavy atom. The number of carbonyl (C=O) groups is 1. The van der Waals surface area contributed by atoms with Crippen molar-refractivity contribution in [3.05, 3.63) is 69.8 Å². The molecule has 23 heavy (non-hydrogen) atoms. The van der Waals surface area contributed by atoms with E-state index in [-0.39, 0.29) is 5.69 Å². The lowest BCUT2D eigenvalue weighted by Crippen LogP contribution is -2.27. The van der Waals surface area contributed by atoms with E-state index >= 15 is 0 Å². The van der Waals surface area contributed by atoms with E-state index in [2.05, 4.69) is 15.2 Å². The van der Waals surface area contributed by atoms with Crippen LogP contribution in [0.5, 0.6) is 0 Å². The number of carbonyl (C=O) groups excluding carboxylic acids is 1. The predicted molar refractivity (Wildman–Crippen MR) is 89.4 cm³/mol. The van der Waals surface area contributed by atoms with Crippen LogP contribution >= 0.6 is 11.9 Å². The van der Waals surface area contributed by atoms with Crippen LogP contribution in [0.25, 0.3) is 0 Å². The molecule has 0 aliphatic heterocycles. The zero-order chi connectivity index (χ0) is 16.7. The zero-order valence-corrected chi connectivity index (χ0v) is 13.0. The number of aryl methyl sites for hydroxylation is 1. The lowest BCUT2D eigenvalue weighted by molar-refractivity contribution is -0.385. The fraction of sp³-hybridized carbons (Fsp3) is 0.0667. The van der Waals surface area contributed by atoms with Crippen molar-refractivity contribution in [2.24, 2.45) is 5.10 Å². The Morgan fingerprint density at radius 1 is 1.26 bits per heavy atom. The Balaban J connectivity index is 1.88. The first kappa shape index (κ1) is 16.5. The molecule has 0 saturated carbocycles. The SMILES string of the molecule is Cc1cccc(SNC(=O)N/N=C/c2ccccc2[N+](=O)[O-])c1. The van der Waals surface area contributed by atoms with E-state index in [1.54, 1.807) is 18.2 Å². The average Bonchev–Trinajstić information content (AvgIpc) is 2.53. The van der Waals surface area contributed by atoms with E-state index in [1.165, 1.54) is 12.3 Å². The number of hydrogen-bond donors (Lipinski definition) is 2. The van der Waals surface area contributed by atoms with E-state index in [0.717, 1.165) is 22.4 Å². The molecule has 0 bridgehead atoms. The second kappa shape index (κ2) is 7.95. The molecule has 8 heteroatoms. The van der Waals surface area contributed by atoms with Crippen molar-refractivity contribution in [3.63, 3.8) is 0 Å². The van der Waals surface area contributed by atoms with Crippen LogP contribution in [0.3, 0.4) is 0 Å². The highest BCUT2D eigenvalue weighted by atomic mass is 32.2. The van der Waals surface area contributed by atoms with E-state index in [4.69, 9.17) is 0 Å². The molecule has 0 radical (unpaired) electrons. The highest BCUT2D eigenvalue weighted by molar-refractivity contribution is 7.98. The lowest BCUT2D eigenvalue weighted by Gasteiger charge is -2.04. The number of rotatable bonds is 5. The largest absolute Gasteiger partial charge is 0.345 e. The number of benzene rings is 2. The molecule has 0 spiro atoms. The van der Waals surface area contributed by atoms with Gasteiger partial charge in [0.1, 0.15) is 0 Å². The van der Waals surface area contributed by atoms with Gasteiger partial charge < -0.3 is 0 Å². The maximum absolute atomic E-state index is 11.6. The van der Waals surface area contributed by atoms with Gasteiger partial charge in [0.2, 0.25) is 0 Å². The summed E-state index contributed by atoms with van der Waals surface area (Å²) in [6.07, 6.45) is 1.23. The fourth-order valence-electron chi connectivity index (χ4n) is 1.73. The van der Waals surface area contributed by atoms with Gasteiger partial charge in [-0.15, -0.1) is 0 Å². The molecule has 2 amide bonds. The van der Waals surface area contributed by atoms with Gasteiger partial charge >= 0.3 is 6.03 Å². The number of urea groups is 1. The third-order valence-electron chi connectivity index (χ3n) is 2.75. The van der Waals surface area contributed by atoms with Gasteiger partial charge in [-0.1, -0.05) is 24.3 Å². The van der Waals surface area contributed by atoms with Crippen molar-refractivity contribution in [2.45, 2.75) is 11.8 Å². The summed E-state index contributed by atoms with van der Waals surface area (Å²) in [6, 6.07) is 13.3. The summed E-state index contributed by atoms with van der Waals surface area (Å²) in [7, 11) is 0. The van der Waals surface area contributed by atoms with Crippen LogP contribution in [0.4, 0.5) is 10.5 Å². The van der Waals surface area contributed by atoms with Crippen LogP contribution in [0.1, 0.15) is 11.1 Å². The molecule has 2 aromatic rings. The number of para-hydroxylation sites is 1. The maximum Gasteiger partial charge on any atom is 0.345 e. The standard InChI is InChI=1S/C15H14N4O3S/c1-11-5-4-7-13(9-11)23-18-15(20)17-16-10-12-6-2-3-8-14(12)19(21)22/h2-10H,1H3,(H2,17,18,20)/b16-10+. The molecule has 0 aliphatic rings. The van der Waals surface area contributed by atoms with Crippen LogP contribution < -0.4 is 10.1 Å². The number of nitro benzene ring substituents is 1. The molecule has 118 valence electrons. The molecule has 0 heterocycles. The Hall–Kier alpha value is -2.87. The van der Waals surface area contributed by atoms with E-state index in [0.29, 0.717) is 5.56 Å². The Kier molecular flexibility index (Phi) is 5.70. The summed E-state index contributed by atoms with van der Waals surface area (Å²) in [5.74, 6) is 0. The van der Waals surface area contributed by atoms with Gasteiger partial charge in [0.15, 0.2) is 0 Å². The molecule has 0 atom stereocenters. The Morgan fingerprint density at radius 2 is 2.04 bits per heavy atom. The molecule has 0 aromatic heterocycles. The minimum absolute atomic E-state index is 0.0763. The number of nitrogens with zero attached hydrogens (tertiary/aromatic N) is 2. The van der Waals surface area contributed by atoms with Gasteiger partial charge in [0.05, 0.1) is 16.7 Å². The van der Waals surface area contributed by atoms with E-state index in [9.17, 15) is 14.9 Å². The third kappa shape index (κ3) is 5.11. The monoisotopic (exact) mass is 330 g/mol. The second-order valence-electron chi connectivity index (χ2n) is 4.54. The van der Waals surface area contributed by atoms with E-state index < -0.39 is 11.0 Å². The van der Waals surface area contributed by atoms with Gasteiger partial charge in [-0.3, -0.25) is 14.8 Å². The summed E-state index contributed by atoms with van der Waals surface area (Å²) in [4.78, 5) is 22.9. The average molecular weight is 330 g/mol. The smallest absolute Gasteiger partial charge is 0.276 e. The number of hydrazone groups is 1. The predicted octanol–water partition coefficient (Wildman–Crippen LogP) is 3.24. The Bertz CT molecular complexity index is 749. The van der Waals surface area contributed by atoms with Gasteiger partial charge in [0, 0.05) is 11.0 Å². The van der Waals surface area contributed by atoms with Crippen LogP contribution in [0.2, 0.25) is 0 Å². The number of amides is 2. The fourth-order valence-corrected chi connectivity index (χ4v) is 2.38. The topological polar surface area (TPSA) is 96.6 Å². The zero-order valence-electron chi connectivity index (χ0n) is 12.2. The summed E-state index contributed by atoms with van der Waals surface area (Å²) < 4.78 is 2.57. The summed E-state index contributed by atoms with van der Waals surface area (Å²) >= 11 is 1.15. The molecular weight excluding hydrogens is 316 g/mol. The van der Waals surface area contributed by atoms with Crippen molar-refractivity contribution in [2.75, 3.05) is 0 Å². The van der Waals surface area contributed by atoms with Gasteiger partial charge in [-0.2, -0.15) is 5.10 Å². The van der Waals surface area contributed by atoms with Gasteiger partial charge in [-0.05, 0) is 42.6 Å². The van der Waals surface area contributed by atoms with Crippen molar-refractivity contribution in [3.8, 4) is 0 Å². The molecule has 0 aliphatic carbocycles. The van der Waals surface area contributed by atoms with Crippen molar-refractivity contribution in [1.82, 2.24) is 10.1 Å². The quantitative estimate of drug-likeness (QED) is 0.381. The van der Waals surface area contributed by atoms with Crippen LogP contribution in [-0.4, -0.2) is 17.2 Å². The summed E-state index contributed by atoms with van der Waals surface area (Å²) in [6.45, 7) is 1.96. The molecule has 2 rings (SSSR count). The number of nitrogens with one attached hydrogen (secondary N) is 2. The molecule has 0 saturated heterocycles. The maximum atomic E-state index is 11.6. The second-order valence-corrected chi connectivity index (χ2v) is 5.42. The molecule has 0 fully saturated rings. The minimum atomic E-state index is -0.522. The highest BCUT2D eigenvalue weighted by Crippen LogP contribution is 2.16. The van der Waals surface area contributed by atoms with Crippen molar-refractivity contribution < 1.29 is 9.72 Å². The van der Waals surface area contributed by atoms with Crippen LogP contribution in [-0.2, 0) is 0 Å². The summed E-state index contributed by atoms with van der Waals surface area (Å²) in [5.41, 5.74) is 3.58. The molecule has 7 nitrogen and oxygen atoms in total.